The number of nitrogens with one attached hydrogen (secondary N) is 1. The highest BCUT2D eigenvalue weighted by atomic mass is 32.2. The number of carboxylic acids is 1. The summed E-state index contributed by atoms with van der Waals surface area (Å²) in [6.45, 7) is 2.33. The largest absolute Gasteiger partial charge is 0.543 e. The molecule has 1 saturated heterocycles. The molecule has 2 atom stereocenters. The number of aromatic nitrogens is 2. The average Bonchev–Trinajstić information content (AvgIpc) is 2.70. The number of anilines is 1. The van der Waals surface area contributed by atoms with Crippen LogP contribution in [0.2, 0.25) is 0 Å². The number of amides is 2. The number of carbonyl (C=O) groups is 3. The summed E-state index contributed by atoms with van der Waals surface area (Å²) in [5.41, 5.74) is 5.91. The van der Waals surface area contributed by atoms with Gasteiger partial charge in [0.15, 0.2) is 5.82 Å². The predicted octanol–water partition coefficient (Wildman–Crippen LogP) is -2.09. The molecule has 172 valence electrons. The van der Waals surface area contributed by atoms with Crippen molar-refractivity contribution in [3.05, 3.63) is 29.4 Å². The van der Waals surface area contributed by atoms with E-state index in [0.29, 0.717) is 22.4 Å². The number of quaternary nitrogens is 1. The van der Waals surface area contributed by atoms with Gasteiger partial charge in [-0.1, -0.05) is 5.16 Å². The fourth-order valence-corrected chi connectivity index (χ4v) is 4.71. The fraction of sp³-hybridized carbons (Fsp3) is 0.474. The fourth-order valence-electron chi connectivity index (χ4n) is 3.38. The van der Waals surface area contributed by atoms with Gasteiger partial charge in [0.05, 0.1) is 32.8 Å². The molecule has 0 radical (unpaired) electrons. The van der Waals surface area contributed by atoms with E-state index in [1.165, 1.54) is 28.9 Å². The highest BCUT2D eigenvalue weighted by Crippen LogP contribution is 2.40. The van der Waals surface area contributed by atoms with Gasteiger partial charge in [-0.25, -0.2) is 9.97 Å². The number of nitrogens with zero attached hydrogens (tertiary/aromatic N) is 5. The number of rotatable bonds is 8. The number of aliphatic carboxylic acids is 1. The molecule has 0 saturated carbocycles. The lowest BCUT2D eigenvalue weighted by atomic mass is 10.0. The first-order valence-electron chi connectivity index (χ1n) is 9.81. The van der Waals surface area contributed by atoms with E-state index in [2.05, 4.69) is 20.4 Å². The normalized spacial score (nSPS) is 21.1. The summed E-state index contributed by atoms with van der Waals surface area (Å²) in [5.74, 6) is -2.22. The highest BCUT2D eigenvalue weighted by Gasteiger charge is 2.53. The molecule has 13 heteroatoms. The lowest BCUT2D eigenvalue weighted by molar-refractivity contribution is -0.865. The Morgan fingerprint density at radius 2 is 2.16 bits per heavy atom. The molecule has 12 nitrogen and oxygen atoms in total. The molecular formula is C19H25N7O5S. The highest BCUT2D eigenvalue weighted by molar-refractivity contribution is 8.00. The first-order chi connectivity index (χ1) is 15.0. The maximum absolute atomic E-state index is 12.9. The minimum Gasteiger partial charge on any atom is -0.543 e. The molecule has 2 aliphatic heterocycles. The van der Waals surface area contributed by atoms with Crippen LogP contribution >= 0.6 is 11.8 Å². The molecule has 1 aromatic rings. The molecule has 2 aliphatic rings. The van der Waals surface area contributed by atoms with Crippen LogP contribution in [0.15, 0.2) is 28.7 Å². The summed E-state index contributed by atoms with van der Waals surface area (Å²) in [7, 11) is 5.78. The number of β-lactam (4-membered cyclic amide) rings is 1. The number of carbonyl (C=O) groups excluding carboxylic acids is 3. The third kappa shape index (κ3) is 4.83. The van der Waals surface area contributed by atoms with Crippen molar-refractivity contribution in [2.75, 3.05) is 45.8 Å². The lowest BCUT2D eigenvalue weighted by Crippen LogP contribution is -2.71. The molecule has 0 bridgehead atoms. The van der Waals surface area contributed by atoms with Gasteiger partial charge in [-0.3, -0.25) is 14.5 Å². The molecule has 3 heterocycles. The van der Waals surface area contributed by atoms with E-state index in [9.17, 15) is 19.5 Å². The second-order valence-corrected chi connectivity index (χ2v) is 9.32. The molecular weight excluding hydrogens is 438 g/mol. The number of hydrogen-bond donors (Lipinski definition) is 2. The van der Waals surface area contributed by atoms with Crippen LogP contribution in [-0.2, 0) is 19.2 Å². The van der Waals surface area contributed by atoms with Gasteiger partial charge in [0, 0.05) is 17.5 Å². The molecule has 2 amide bonds. The summed E-state index contributed by atoms with van der Waals surface area (Å²) in [4.78, 5) is 51.7. The van der Waals surface area contributed by atoms with Crippen molar-refractivity contribution in [1.82, 2.24) is 20.2 Å². The van der Waals surface area contributed by atoms with E-state index < -0.39 is 29.2 Å². The maximum atomic E-state index is 12.9. The minimum atomic E-state index is -1.41. The van der Waals surface area contributed by atoms with Gasteiger partial charge in [-0.05, 0) is 13.0 Å². The zero-order chi connectivity index (χ0) is 23.6. The Hall–Kier alpha value is -3.19. The minimum absolute atomic E-state index is 0.0589. The van der Waals surface area contributed by atoms with E-state index in [1.54, 1.807) is 6.92 Å². The third-order valence-electron chi connectivity index (χ3n) is 4.58. The number of likely N-dealkylation sites (N-methyl/N-ethyl adjacent to an activating group) is 1. The van der Waals surface area contributed by atoms with Crippen molar-refractivity contribution in [2.45, 2.75) is 18.3 Å². The second kappa shape index (κ2) is 9.12. The number of fused-ring (bicyclic) bond motifs is 1. The first kappa shape index (κ1) is 23.5. The van der Waals surface area contributed by atoms with E-state index in [0.717, 1.165) is 0 Å². The van der Waals surface area contributed by atoms with E-state index in [1.807, 2.05) is 21.1 Å². The summed E-state index contributed by atoms with van der Waals surface area (Å²) >= 11 is 1.37. The molecule has 0 spiro atoms. The topological polar surface area (TPSA) is 163 Å². The molecule has 0 aliphatic carbocycles. The summed E-state index contributed by atoms with van der Waals surface area (Å²) in [5, 5.41) is 17.6. The van der Waals surface area contributed by atoms with Crippen LogP contribution in [0.3, 0.4) is 0 Å². The van der Waals surface area contributed by atoms with Crippen molar-refractivity contribution in [3.63, 3.8) is 0 Å². The Morgan fingerprint density at radius 3 is 2.75 bits per heavy atom. The molecule has 3 N–H and O–H groups in total. The van der Waals surface area contributed by atoms with Gasteiger partial charge >= 0.3 is 0 Å². The van der Waals surface area contributed by atoms with Crippen molar-refractivity contribution in [2.24, 2.45) is 5.16 Å². The molecule has 1 unspecified atom stereocenters. The summed E-state index contributed by atoms with van der Waals surface area (Å²) in [6.07, 6.45) is 1.37. The van der Waals surface area contributed by atoms with Crippen molar-refractivity contribution < 1.29 is 28.8 Å². The lowest BCUT2D eigenvalue weighted by Gasteiger charge is -2.51. The van der Waals surface area contributed by atoms with E-state index in [-0.39, 0.29) is 29.7 Å². The Bertz CT molecular complexity index is 1000. The Balaban J connectivity index is 1.82. The smallest absolute Gasteiger partial charge is 0.278 e. The Kier molecular flexibility index (Phi) is 6.69. The van der Waals surface area contributed by atoms with Gasteiger partial charge < -0.3 is 30.3 Å². The zero-order valence-corrected chi connectivity index (χ0v) is 19.0. The van der Waals surface area contributed by atoms with Crippen LogP contribution in [-0.4, -0.2) is 94.3 Å². The predicted molar refractivity (Wildman–Crippen MR) is 115 cm³/mol. The monoisotopic (exact) mass is 463 g/mol. The van der Waals surface area contributed by atoms with Crippen molar-refractivity contribution >= 4 is 41.1 Å². The van der Waals surface area contributed by atoms with Crippen LogP contribution in [0, 0.1) is 0 Å². The first-order valence-corrected chi connectivity index (χ1v) is 10.9. The average molecular weight is 464 g/mol. The van der Waals surface area contributed by atoms with Crippen LogP contribution in [0.4, 0.5) is 5.82 Å². The van der Waals surface area contributed by atoms with Crippen molar-refractivity contribution in [3.8, 4) is 0 Å². The zero-order valence-electron chi connectivity index (χ0n) is 18.2. The summed E-state index contributed by atoms with van der Waals surface area (Å²) in [6, 6.07) is 0.508. The maximum Gasteiger partial charge on any atom is 0.278 e. The molecule has 1 fully saturated rings. The Morgan fingerprint density at radius 1 is 1.44 bits per heavy atom. The number of nitrogen functional groups attached to an aromatic ring is 1. The molecule has 32 heavy (non-hydrogen) atoms. The van der Waals surface area contributed by atoms with Crippen LogP contribution in [0.25, 0.3) is 0 Å². The molecule has 1 aromatic heterocycles. The summed E-state index contributed by atoms with van der Waals surface area (Å²) < 4.78 is 0.497. The van der Waals surface area contributed by atoms with Gasteiger partial charge in [0.25, 0.3) is 11.8 Å². The third-order valence-corrected chi connectivity index (χ3v) is 5.92. The van der Waals surface area contributed by atoms with Gasteiger partial charge in [-0.2, -0.15) is 0 Å². The van der Waals surface area contributed by atoms with Gasteiger partial charge in [0.1, 0.15) is 30.4 Å². The van der Waals surface area contributed by atoms with Crippen LogP contribution < -0.4 is 16.2 Å². The Labute approximate surface area is 189 Å². The second-order valence-electron chi connectivity index (χ2n) is 8.21. The van der Waals surface area contributed by atoms with Crippen LogP contribution in [0.5, 0.6) is 0 Å². The standard InChI is InChI=1S/C19H25N7O5S/c1-5-31-24-12(15-21-7-6-11(20)22-15)16(27)23-13-17(28)25-14(19(29)30)10(8-26(2,3)4)9-32-18(13)25/h6-7,13,18H,5,8-9H2,1-4H3,(H3-,20,21,22,23,27,29,30)/b24-12+/t13?,18-/m1/s1. The van der Waals surface area contributed by atoms with Crippen LogP contribution in [0.1, 0.15) is 12.7 Å². The SMILES string of the molecule is CCO/N=C(/C(=O)NC1C(=O)N2C(C(=O)[O-])=C(C[N+](C)(C)C)CS[C@H]12)c1nccc(N)n1. The van der Waals surface area contributed by atoms with Crippen molar-refractivity contribution in [1.29, 1.82) is 0 Å². The number of oxime groups is 1. The van der Waals surface area contributed by atoms with Gasteiger partial charge in [-0.15, -0.1) is 11.8 Å². The molecule has 3 rings (SSSR count). The van der Waals surface area contributed by atoms with E-state index >= 15 is 0 Å². The quantitative estimate of drug-likeness (QED) is 0.190. The number of hydrogen-bond acceptors (Lipinski definition) is 10. The number of thioether (sulfide) groups is 1. The number of nitrogens with two attached hydrogens (primary N) is 1. The number of carboxylic acid groups (broad SMARTS) is 1. The van der Waals surface area contributed by atoms with Gasteiger partial charge in [0.2, 0.25) is 5.71 Å². The van der Waals surface area contributed by atoms with E-state index in [4.69, 9.17) is 10.6 Å². The molecule has 0 aromatic carbocycles.